The Bertz CT molecular complexity index is 1450. The monoisotopic (exact) mass is 626 g/mol. The number of carbonyl (C=O) groups excluding carboxylic acids is 2. The first-order valence-electron chi connectivity index (χ1n) is 12.6. The van der Waals surface area contributed by atoms with Gasteiger partial charge in [-0.05, 0) is 70.2 Å². The van der Waals surface area contributed by atoms with Crippen molar-refractivity contribution in [1.29, 1.82) is 0 Å². The van der Waals surface area contributed by atoms with Crippen LogP contribution in [0.2, 0.25) is 10.0 Å². The van der Waals surface area contributed by atoms with Crippen molar-refractivity contribution in [2.24, 2.45) is 0 Å². The zero-order valence-corrected chi connectivity index (χ0v) is 25.8. The largest absolute Gasteiger partial charge is 0.362 e. The summed E-state index contributed by atoms with van der Waals surface area (Å²) >= 11 is 12.3. The first-order chi connectivity index (χ1) is 19.0. The van der Waals surface area contributed by atoms with Crippen molar-refractivity contribution in [1.82, 2.24) is 0 Å². The molecule has 0 N–H and O–H groups in total. The third kappa shape index (κ3) is 7.20. The lowest BCUT2D eigenvalue weighted by molar-refractivity contribution is 0.102. The van der Waals surface area contributed by atoms with Crippen LogP contribution in [0, 0.1) is 0 Å². The van der Waals surface area contributed by atoms with E-state index in [2.05, 4.69) is 0 Å². The number of hydrogen-bond donors (Lipinski definition) is 0. The number of hydrogen-bond acceptors (Lipinski definition) is 8. The molecule has 0 heterocycles. The van der Waals surface area contributed by atoms with Crippen LogP contribution in [-0.2, 0) is 27.2 Å². The second-order valence-corrected chi connectivity index (χ2v) is 13.1. The second-order valence-electron chi connectivity index (χ2n) is 8.23. The van der Waals surface area contributed by atoms with Gasteiger partial charge in [0.15, 0.2) is 11.6 Å². The zero-order chi connectivity index (χ0) is 29.5. The van der Waals surface area contributed by atoms with Crippen LogP contribution < -0.4 is 10.6 Å². The highest BCUT2D eigenvalue weighted by molar-refractivity contribution is 7.62. The summed E-state index contributed by atoms with van der Waals surface area (Å²) in [4.78, 5) is 27.1. The lowest BCUT2D eigenvalue weighted by Gasteiger charge is -2.21. The summed E-state index contributed by atoms with van der Waals surface area (Å²) in [6.45, 7) is 7.10. The Morgan fingerprint density at radius 2 is 1.12 bits per heavy atom. The summed E-state index contributed by atoms with van der Waals surface area (Å²) in [5.41, 5.74) is 0.483. The normalized spacial score (nSPS) is 11.9. The number of halogens is 2. The number of benzene rings is 3. The fraction of sp³-hybridized carbons (Fsp3) is 0.286. The van der Waals surface area contributed by atoms with Crippen molar-refractivity contribution in [2.75, 3.05) is 26.4 Å². The molecule has 0 radical (unpaired) electrons. The van der Waals surface area contributed by atoms with Crippen molar-refractivity contribution >= 4 is 60.6 Å². The Labute approximate surface area is 244 Å². The van der Waals surface area contributed by atoms with Crippen LogP contribution in [0.3, 0.4) is 0 Å². The van der Waals surface area contributed by atoms with Gasteiger partial charge in [-0.1, -0.05) is 41.4 Å². The molecular formula is C28H30Cl2O8P2. The molecule has 0 atom stereocenters. The minimum absolute atomic E-state index is 0.0181. The topological polar surface area (TPSA) is 105 Å². The molecule has 214 valence electrons. The molecule has 0 aliphatic rings. The van der Waals surface area contributed by atoms with Crippen molar-refractivity contribution in [2.45, 2.75) is 27.7 Å². The highest BCUT2D eigenvalue weighted by atomic mass is 35.5. The van der Waals surface area contributed by atoms with Gasteiger partial charge in [0, 0.05) is 27.3 Å². The summed E-state index contributed by atoms with van der Waals surface area (Å²) < 4.78 is 48.8. The van der Waals surface area contributed by atoms with Gasteiger partial charge < -0.3 is 18.1 Å². The predicted molar refractivity (Wildman–Crippen MR) is 157 cm³/mol. The molecule has 12 heteroatoms. The summed E-state index contributed by atoms with van der Waals surface area (Å²) in [5, 5.41) is 0.728. The summed E-state index contributed by atoms with van der Waals surface area (Å²) in [5.74, 6) is -0.997. The van der Waals surface area contributed by atoms with E-state index in [1.54, 1.807) is 33.8 Å². The van der Waals surface area contributed by atoms with Crippen LogP contribution in [-0.4, -0.2) is 38.0 Å². The highest BCUT2D eigenvalue weighted by Crippen LogP contribution is 2.49. The van der Waals surface area contributed by atoms with Gasteiger partial charge >= 0.3 is 15.2 Å². The number of rotatable bonds is 14. The molecule has 0 saturated carbocycles. The van der Waals surface area contributed by atoms with Gasteiger partial charge in [-0.25, -0.2) is 0 Å². The lowest BCUT2D eigenvalue weighted by Crippen LogP contribution is -2.22. The molecule has 0 amide bonds. The van der Waals surface area contributed by atoms with E-state index in [0.29, 0.717) is 10.3 Å². The zero-order valence-electron chi connectivity index (χ0n) is 22.5. The fourth-order valence-corrected chi connectivity index (χ4v) is 7.65. The quantitative estimate of drug-likeness (QED) is 0.136. The molecular weight excluding hydrogens is 597 g/mol. The third-order valence-electron chi connectivity index (χ3n) is 5.61. The molecule has 0 saturated heterocycles. The third-order valence-corrected chi connectivity index (χ3v) is 10.5. The Kier molecular flexibility index (Phi) is 11.5. The van der Waals surface area contributed by atoms with Gasteiger partial charge in [-0.3, -0.25) is 18.7 Å². The van der Waals surface area contributed by atoms with E-state index in [0.717, 1.165) is 0 Å². The van der Waals surface area contributed by atoms with E-state index in [-0.39, 0.29) is 59.0 Å². The standard InChI is InChI=1S/C28H30Cl2O8P2/c1-5-35-39(33,36-6-2)22-13-9-19(10-14-22)27(31)23-15-11-20(17-26(23)40(34,37-7-3)38-8-4)28(32)24-18-21(29)12-16-25(24)30/h9-18H,5-8H2,1-4H3. The summed E-state index contributed by atoms with van der Waals surface area (Å²) in [6.07, 6.45) is 0. The van der Waals surface area contributed by atoms with Crippen LogP contribution in [0.15, 0.2) is 60.7 Å². The number of carbonyl (C=O) groups is 2. The second kappa shape index (κ2) is 14.2. The lowest BCUT2D eigenvalue weighted by atomic mass is 9.98. The highest BCUT2D eigenvalue weighted by Gasteiger charge is 2.34. The minimum Gasteiger partial charge on any atom is -0.305 e. The van der Waals surface area contributed by atoms with Crippen molar-refractivity contribution in [3.8, 4) is 0 Å². The average Bonchev–Trinajstić information content (AvgIpc) is 2.94. The Morgan fingerprint density at radius 1 is 0.625 bits per heavy atom. The predicted octanol–water partition coefficient (Wildman–Crippen LogP) is 7.24. The van der Waals surface area contributed by atoms with E-state index >= 15 is 0 Å². The minimum atomic E-state index is -4.03. The van der Waals surface area contributed by atoms with E-state index in [1.807, 2.05) is 0 Å². The van der Waals surface area contributed by atoms with Crippen LogP contribution in [0.25, 0.3) is 0 Å². The molecule has 0 spiro atoms. The summed E-state index contributed by atoms with van der Waals surface area (Å²) in [7, 11) is -7.59. The van der Waals surface area contributed by atoms with E-state index in [9.17, 15) is 18.7 Å². The molecule has 8 nitrogen and oxygen atoms in total. The molecule has 0 aliphatic carbocycles. The molecule has 0 fully saturated rings. The van der Waals surface area contributed by atoms with Crippen molar-refractivity contribution < 1.29 is 36.8 Å². The van der Waals surface area contributed by atoms with Gasteiger partial charge in [0.05, 0.1) is 42.1 Å². The van der Waals surface area contributed by atoms with E-state index < -0.39 is 26.8 Å². The maximum absolute atomic E-state index is 13.9. The van der Waals surface area contributed by atoms with Crippen LogP contribution >= 0.6 is 38.4 Å². The molecule has 3 aromatic carbocycles. The first kappa shape index (κ1) is 32.4. The molecule has 3 rings (SSSR count). The summed E-state index contributed by atoms with van der Waals surface area (Å²) in [6, 6.07) is 14.6. The first-order valence-corrected chi connectivity index (χ1v) is 16.5. The van der Waals surface area contributed by atoms with E-state index in [4.69, 9.17) is 41.3 Å². The van der Waals surface area contributed by atoms with Crippen LogP contribution in [0.1, 0.15) is 59.5 Å². The Hall–Kier alpha value is -2.12. The van der Waals surface area contributed by atoms with Crippen molar-refractivity contribution in [3.63, 3.8) is 0 Å². The van der Waals surface area contributed by atoms with Gasteiger partial charge in [-0.2, -0.15) is 0 Å². The van der Waals surface area contributed by atoms with Gasteiger partial charge in [0.2, 0.25) is 0 Å². The van der Waals surface area contributed by atoms with E-state index in [1.165, 1.54) is 54.6 Å². The van der Waals surface area contributed by atoms with Gasteiger partial charge in [0.1, 0.15) is 0 Å². The number of ketones is 2. The Balaban J connectivity index is 2.13. The molecule has 40 heavy (non-hydrogen) atoms. The van der Waals surface area contributed by atoms with Crippen molar-refractivity contribution in [3.05, 3.63) is 93.0 Å². The molecule has 0 aliphatic heterocycles. The average molecular weight is 627 g/mol. The molecule has 3 aromatic rings. The van der Waals surface area contributed by atoms with Crippen LogP contribution in [0.4, 0.5) is 0 Å². The molecule has 0 bridgehead atoms. The smallest absolute Gasteiger partial charge is 0.305 e. The van der Waals surface area contributed by atoms with Gasteiger partial charge in [0.25, 0.3) is 0 Å². The van der Waals surface area contributed by atoms with Crippen LogP contribution in [0.5, 0.6) is 0 Å². The maximum Gasteiger partial charge on any atom is 0.362 e. The fourth-order valence-electron chi connectivity index (χ4n) is 3.91. The maximum atomic E-state index is 13.9. The molecule has 0 unspecified atom stereocenters. The van der Waals surface area contributed by atoms with Gasteiger partial charge in [-0.15, -0.1) is 0 Å². The Morgan fingerprint density at radius 3 is 1.68 bits per heavy atom. The SMILES string of the molecule is CCOP(=O)(OCC)c1ccc(C(=O)c2ccc(C(=O)c3cc(Cl)ccc3Cl)cc2P(=O)(OCC)OCC)cc1. The molecule has 0 aromatic heterocycles.